The van der Waals surface area contributed by atoms with Gasteiger partial charge in [-0.1, -0.05) is 24.3 Å². The van der Waals surface area contributed by atoms with E-state index >= 15 is 0 Å². The van der Waals surface area contributed by atoms with Gasteiger partial charge in [0.25, 0.3) is 0 Å². The summed E-state index contributed by atoms with van der Waals surface area (Å²) >= 11 is 0. The lowest BCUT2D eigenvalue weighted by molar-refractivity contribution is -0.140. The minimum absolute atomic E-state index is 0.151. The number of hydrogen-bond acceptors (Lipinski definition) is 3. The maximum Gasteiger partial charge on any atom is 0.316 e. The van der Waals surface area contributed by atoms with Crippen LogP contribution in [0.15, 0.2) is 24.3 Å². The number of cyclic esters (lactones) is 1. The Labute approximate surface area is 81.7 Å². The molecule has 1 aliphatic rings. The van der Waals surface area contributed by atoms with Crippen molar-refractivity contribution in [3.05, 3.63) is 35.9 Å². The van der Waals surface area contributed by atoms with Gasteiger partial charge in [-0.15, -0.1) is 0 Å². The van der Waals surface area contributed by atoms with E-state index in [1.165, 1.54) is 0 Å². The largest absolute Gasteiger partial charge is 0.465 e. The first-order valence-corrected chi connectivity index (χ1v) is 4.46. The van der Waals surface area contributed by atoms with Crippen LogP contribution in [0.4, 0.5) is 0 Å². The quantitative estimate of drug-likeness (QED) is 0.399. The fourth-order valence-corrected chi connectivity index (χ4v) is 1.49. The number of rotatable bonds is 2. The van der Waals surface area contributed by atoms with Gasteiger partial charge < -0.3 is 4.74 Å². The smallest absolute Gasteiger partial charge is 0.316 e. The van der Waals surface area contributed by atoms with E-state index < -0.39 is 11.9 Å². The van der Waals surface area contributed by atoms with Gasteiger partial charge >= 0.3 is 5.97 Å². The predicted octanol–water partition coefficient (Wildman–Crippen LogP) is 1.23. The first-order chi connectivity index (χ1) is 6.79. The molecule has 3 heteroatoms. The molecule has 1 radical (unpaired) electrons. The van der Waals surface area contributed by atoms with Crippen LogP contribution in [-0.4, -0.2) is 18.4 Å². The number of ether oxygens (including phenoxy) is 1. The highest BCUT2D eigenvalue weighted by Gasteiger charge is 2.33. The molecule has 1 saturated heterocycles. The van der Waals surface area contributed by atoms with E-state index in [1.807, 2.05) is 0 Å². The zero-order valence-electron chi connectivity index (χ0n) is 7.53. The van der Waals surface area contributed by atoms with E-state index in [2.05, 4.69) is 6.07 Å². The molecule has 1 aliphatic heterocycles. The van der Waals surface area contributed by atoms with Gasteiger partial charge in [-0.3, -0.25) is 9.59 Å². The van der Waals surface area contributed by atoms with Crippen molar-refractivity contribution in [1.29, 1.82) is 0 Å². The average Bonchev–Trinajstić information content (AvgIpc) is 2.65. The lowest BCUT2D eigenvalue weighted by Crippen LogP contribution is -2.19. The highest BCUT2D eigenvalue weighted by atomic mass is 16.5. The molecular weight excluding hydrogens is 180 g/mol. The summed E-state index contributed by atoms with van der Waals surface area (Å²) in [6.45, 7) is 0.355. The molecule has 0 aliphatic carbocycles. The molecule has 14 heavy (non-hydrogen) atoms. The van der Waals surface area contributed by atoms with E-state index in [0.717, 1.165) is 0 Å². The number of Topliss-reactive ketones (excluding diaryl/α,β-unsaturated/α-hetero) is 1. The van der Waals surface area contributed by atoms with Crippen molar-refractivity contribution in [2.75, 3.05) is 6.61 Å². The fourth-order valence-electron chi connectivity index (χ4n) is 1.49. The van der Waals surface area contributed by atoms with Crippen LogP contribution in [0.1, 0.15) is 16.8 Å². The summed E-state index contributed by atoms with van der Waals surface area (Å²) in [7, 11) is 0. The summed E-state index contributed by atoms with van der Waals surface area (Å²) in [4.78, 5) is 22.9. The van der Waals surface area contributed by atoms with Crippen LogP contribution in [0.25, 0.3) is 0 Å². The van der Waals surface area contributed by atoms with E-state index in [-0.39, 0.29) is 5.78 Å². The van der Waals surface area contributed by atoms with Crippen molar-refractivity contribution in [3.8, 4) is 0 Å². The van der Waals surface area contributed by atoms with Gasteiger partial charge in [0, 0.05) is 12.0 Å². The molecule has 0 spiro atoms. The predicted molar refractivity (Wildman–Crippen MR) is 48.7 cm³/mol. The second kappa shape index (κ2) is 3.62. The number of hydrogen-bond donors (Lipinski definition) is 0. The summed E-state index contributed by atoms with van der Waals surface area (Å²) in [6.07, 6.45) is 0.496. The van der Waals surface area contributed by atoms with Crippen LogP contribution in [-0.2, 0) is 9.53 Å². The highest BCUT2D eigenvalue weighted by Crippen LogP contribution is 2.19. The van der Waals surface area contributed by atoms with Crippen molar-refractivity contribution >= 4 is 11.8 Å². The number of benzene rings is 1. The SMILES string of the molecule is O=C1OCCC1C(=O)c1cc[c]cc1. The summed E-state index contributed by atoms with van der Waals surface area (Å²) in [5.41, 5.74) is 0.549. The van der Waals surface area contributed by atoms with Gasteiger partial charge in [-0.2, -0.15) is 0 Å². The topological polar surface area (TPSA) is 43.4 Å². The summed E-state index contributed by atoms with van der Waals surface area (Å²) < 4.78 is 4.74. The lowest BCUT2D eigenvalue weighted by Gasteiger charge is -2.03. The third-order valence-electron chi connectivity index (χ3n) is 2.25. The molecule has 0 aromatic heterocycles. The molecule has 0 bridgehead atoms. The van der Waals surface area contributed by atoms with Crippen LogP contribution < -0.4 is 0 Å². The van der Waals surface area contributed by atoms with Crippen molar-refractivity contribution in [3.63, 3.8) is 0 Å². The van der Waals surface area contributed by atoms with Crippen LogP contribution in [0, 0.1) is 12.0 Å². The Balaban J connectivity index is 2.20. The highest BCUT2D eigenvalue weighted by molar-refractivity contribution is 6.09. The van der Waals surface area contributed by atoms with Gasteiger partial charge in [0.1, 0.15) is 5.92 Å². The molecule has 1 unspecified atom stereocenters. The van der Waals surface area contributed by atoms with Crippen molar-refractivity contribution < 1.29 is 14.3 Å². The maximum atomic E-state index is 11.7. The minimum atomic E-state index is -0.600. The second-order valence-electron chi connectivity index (χ2n) is 3.16. The van der Waals surface area contributed by atoms with Crippen molar-refractivity contribution in [1.82, 2.24) is 0 Å². The molecule has 3 nitrogen and oxygen atoms in total. The molecule has 0 N–H and O–H groups in total. The minimum Gasteiger partial charge on any atom is -0.465 e. The Bertz CT molecular complexity index is 356. The fraction of sp³-hybridized carbons (Fsp3) is 0.273. The van der Waals surface area contributed by atoms with Gasteiger partial charge in [0.05, 0.1) is 6.61 Å². The average molecular weight is 189 g/mol. The van der Waals surface area contributed by atoms with Gasteiger partial charge in [0.15, 0.2) is 5.78 Å². The normalized spacial score (nSPS) is 20.6. The Morgan fingerprint density at radius 1 is 1.43 bits per heavy atom. The zero-order chi connectivity index (χ0) is 9.97. The van der Waals surface area contributed by atoms with Crippen LogP contribution in [0.3, 0.4) is 0 Å². The van der Waals surface area contributed by atoms with Crippen molar-refractivity contribution in [2.24, 2.45) is 5.92 Å². The molecule has 1 aromatic carbocycles. The number of esters is 1. The van der Waals surface area contributed by atoms with Gasteiger partial charge in [0.2, 0.25) is 0 Å². The molecule has 1 fully saturated rings. The third-order valence-corrected chi connectivity index (χ3v) is 2.25. The molecule has 1 atom stereocenters. The second-order valence-corrected chi connectivity index (χ2v) is 3.16. The van der Waals surface area contributed by atoms with E-state index in [1.54, 1.807) is 24.3 Å². The molecule has 1 aromatic rings. The standard InChI is InChI=1S/C11H9O3/c12-10(8-4-2-1-3-5-8)9-6-7-14-11(9)13/h2-5,9H,6-7H2. The molecule has 2 rings (SSSR count). The maximum absolute atomic E-state index is 11.7. The Morgan fingerprint density at radius 3 is 2.71 bits per heavy atom. The third kappa shape index (κ3) is 1.53. The number of carbonyl (C=O) groups is 2. The Kier molecular flexibility index (Phi) is 2.31. The van der Waals surface area contributed by atoms with E-state index in [9.17, 15) is 9.59 Å². The summed E-state index contributed by atoms with van der Waals surface area (Å²) in [5, 5.41) is 0. The Morgan fingerprint density at radius 2 is 2.14 bits per heavy atom. The first-order valence-electron chi connectivity index (χ1n) is 4.46. The zero-order valence-corrected chi connectivity index (χ0v) is 7.53. The number of carbonyl (C=O) groups excluding carboxylic acids is 2. The van der Waals surface area contributed by atoms with Gasteiger partial charge in [-0.25, -0.2) is 0 Å². The van der Waals surface area contributed by atoms with Crippen molar-refractivity contribution in [2.45, 2.75) is 6.42 Å². The molecular formula is C11H9O3. The Hall–Kier alpha value is -1.64. The molecule has 71 valence electrons. The molecule has 0 amide bonds. The van der Waals surface area contributed by atoms with Crippen LogP contribution in [0.5, 0.6) is 0 Å². The van der Waals surface area contributed by atoms with Gasteiger partial charge in [-0.05, 0) is 6.07 Å². The first kappa shape index (κ1) is 8.94. The van der Waals surface area contributed by atoms with E-state index in [4.69, 9.17) is 4.74 Å². The monoisotopic (exact) mass is 189 g/mol. The molecule has 1 heterocycles. The summed E-state index contributed by atoms with van der Waals surface area (Å²) in [6, 6.07) is 9.46. The van der Waals surface area contributed by atoms with Crippen LogP contribution >= 0.6 is 0 Å². The van der Waals surface area contributed by atoms with Crippen LogP contribution in [0.2, 0.25) is 0 Å². The lowest BCUT2D eigenvalue weighted by atomic mass is 9.97. The summed E-state index contributed by atoms with van der Waals surface area (Å²) in [5.74, 6) is -1.15. The number of ketones is 1. The van der Waals surface area contributed by atoms with E-state index in [0.29, 0.717) is 18.6 Å². The molecule has 0 saturated carbocycles.